The molecular weight excluding hydrogens is 399 g/mol. The van der Waals surface area contributed by atoms with Gasteiger partial charge in [-0.05, 0) is 60.4 Å². The molecule has 1 aliphatic heterocycles. The number of hydrogen-bond acceptors (Lipinski definition) is 5. The molecule has 1 aliphatic rings. The van der Waals surface area contributed by atoms with Crippen molar-refractivity contribution in [2.24, 2.45) is 0 Å². The Hall–Kier alpha value is -2.17. The maximum atomic E-state index is 6.34. The normalized spacial score (nSPS) is 13.1. The molecule has 0 fully saturated rings. The van der Waals surface area contributed by atoms with E-state index in [0.717, 1.165) is 44.5 Å². The minimum atomic E-state index is -1.50. The molecule has 0 saturated carbocycles. The number of benzene rings is 3. The summed E-state index contributed by atoms with van der Waals surface area (Å²) in [6.07, 6.45) is 0. The van der Waals surface area contributed by atoms with Crippen LogP contribution in [-0.4, -0.2) is 20.3 Å². The van der Waals surface area contributed by atoms with Crippen molar-refractivity contribution in [3.05, 3.63) is 59.2 Å². The third kappa shape index (κ3) is 3.91. The summed E-state index contributed by atoms with van der Waals surface area (Å²) in [5.74, 6) is 1.54. The number of fused-ring (bicyclic) bond motifs is 2. The molecule has 5 nitrogen and oxygen atoms in total. The van der Waals surface area contributed by atoms with Crippen LogP contribution in [0, 0.1) is 6.92 Å². The summed E-state index contributed by atoms with van der Waals surface area (Å²) in [6.45, 7) is 8.23. The Morgan fingerprint density at radius 3 is 2.43 bits per heavy atom. The molecule has 0 aromatic heterocycles. The highest BCUT2D eigenvalue weighted by Gasteiger charge is 2.27. The zero-order valence-electron chi connectivity index (χ0n) is 17.9. The van der Waals surface area contributed by atoms with Crippen LogP contribution >= 0.6 is 8.60 Å². The van der Waals surface area contributed by atoms with Crippen molar-refractivity contribution < 1.29 is 23.0 Å². The first kappa shape index (κ1) is 21.1. The second-order valence-corrected chi connectivity index (χ2v) is 8.17. The lowest BCUT2D eigenvalue weighted by molar-refractivity contribution is 0.134. The van der Waals surface area contributed by atoms with E-state index < -0.39 is 8.60 Å². The van der Waals surface area contributed by atoms with Gasteiger partial charge in [0.1, 0.15) is 11.5 Å². The van der Waals surface area contributed by atoms with Crippen LogP contribution in [0.15, 0.2) is 42.5 Å². The van der Waals surface area contributed by atoms with Gasteiger partial charge in [0, 0.05) is 11.1 Å². The first-order valence-electron chi connectivity index (χ1n) is 10.2. The van der Waals surface area contributed by atoms with Gasteiger partial charge in [0.05, 0.1) is 33.5 Å². The van der Waals surface area contributed by atoms with Gasteiger partial charge >= 0.3 is 8.60 Å². The quantitative estimate of drug-likeness (QED) is 0.383. The number of hydrogen-bond donors (Lipinski definition) is 0. The molecule has 158 valence electrons. The number of methoxy groups -OCH3 is 1. The van der Waals surface area contributed by atoms with Crippen LogP contribution in [-0.2, 0) is 27.0 Å². The van der Waals surface area contributed by atoms with Crippen LogP contribution in [0.25, 0.3) is 21.9 Å². The van der Waals surface area contributed by atoms with Crippen molar-refractivity contribution in [3.63, 3.8) is 0 Å². The molecule has 0 amide bonds. The Balaban J connectivity index is 1.97. The molecule has 4 rings (SSSR count). The monoisotopic (exact) mass is 426 g/mol. The van der Waals surface area contributed by atoms with Crippen molar-refractivity contribution in [1.82, 2.24) is 0 Å². The van der Waals surface area contributed by atoms with E-state index in [4.69, 9.17) is 23.0 Å². The first-order chi connectivity index (χ1) is 14.7. The van der Waals surface area contributed by atoms with E-state index in [1.807, 2.05) is 32.0 Å². The second-order valence-electron chi connectivity index (χ2n) is 7.02. The van der Waals surface area contributed by atoms with E-state index in [1.165, 1.54) is 5.56 Å². The lowest BCUT2D eigenvalue weighted by Gasteiger charge is -2.22. The molecule has 0 bridgehead atoms. The van der Waals surface area contributed by atoms with Gasteiger partial charge in [0.25, 0.3) is 0 Å². The minimum absolute atomic E-state index is 0.520. The van der Waals surface area contributed by atoms with Crippen LogP contribution < -0.4 is 9.26 Å². The van der Waals surface area contributed by atoms with Gasteiger partial charge in [0.2, 0.25) is 0 Å². The van der Waals surface area contributed by atoms with Gasteiger partial charge < -0.3 is 23.0 Å². The molecule has 1 heterocycles. The fourth-order valence-electron chi connectivity index (χ4n) is 3.93. The summed E-state index contributed by atoms with van der Waals surface area (Å²) in [6, 6.07) is 14.5. The van der Waals surface area contributed by atoms with Gasteiger partial charge in [-0.15, -0.1) is 0 Å². The average molecular weight is 426 g/mol. The lowest BCUT2D eigenvalue weighted by atomic mass is 9.89. The second kappa shape index (κ2) is 9.32. The summed E-state index contributed by atoms with van der Waals surface area (Å²) in [4.78, 5) is 0. The van der Waals surface area contributed by atoms with E-state index >= 15 is 0 Å². The Bertz CT molecular complexity index is 1040. The molecule has 30 heavy (non-hydrogen) atoms. The molecule has 0 unspecified atom stereocenters. The zero-order valence-corrected chi connectivity index (χ0v) is 18.8. The van der Waals surface area contributed by atoms with Gasteiger partial charge in [-0.3, -0.25) is 0 Å². The fourth-order valence-corrected chi connectivity index (χ4v) is 4.84. The predicted octanol–water partition coefficient (Wildman–Crippen LogP) is 6.53. The Kier molecular flexibility index (Phi) is 6.55. The number of rotatable bonds is 8. The van der Waals surface area contributed by atoms with Gasteiger partial charge in [0.15, 0.2) is 0 Å². The molecular formula is C24H27O5P. The smallest absolute Gasteiger partial charge is 0.397 e. The van der Waals surface area contributed by atoms with Crippen LogP contribution in [0.4, 0.5) is 0 Å². The highest BCUT2D eigenvalue weighted by Crippen LogP contribution is 2.50. The summed E-state index contributed by atoms with van der Waals surface area (Å²) < 4.78 is 29.4. The molecule has 3 aromatic rings. The van der Waals surface area contributed by atoms with E-state index in [0.29, 0.717) is 26.4 Å². The lowest BCUT2D eigenvalue weighted by Crippen LogP contribution is -2.02. The van der Waals surface area contributed by atoms with Gasteiger partial charge in [-0.1, -0.05) is 30.3 Å². The van der Waals surface area contributed by atoms with Gasteiger partial charge in [-0.2, -0.15) is 0 Å². The van der Waals surface area contributed by atoms with Crippen LogP contribution in [0.2, 0.25) is 0 Å². The van der Waals surface area contributed by atoms with Gasteiger partial charge in [-0.25, -0.2) is 0 Å². The number of ether oxygens (including phenoxy) is 2. The van der Waals surface area contributed by atoms with E-state index in [9.17, 15) is 0 Å². The third-order valence-corrected chi connectivity index (χ3v) is 6.56. The van der Waals surface area contributed by atoms with E-state index in [1.54, 1.807) is 7.11 Å². The average Bonchev–Trinajstić information content (AvgIpc) is 3.23. The van der Waals surface area contributed by atoms with E-state index in [2.05, 4.69) is 31.2 Å². The van der Waals surface area contributed by atoms with Crippen molar-refractivity contribution in [2.75, 3.05) is 20.3 Å². The maximum Gasteiger partial charge on any atom is 0.397 e. The highest BCUT2D eigenvalue weighted by molar-refractivity contribution is 7.42. The summed E-state index contributed by atoms with van der Waals surface area (Å²) in [5.41, 5.74) is 5.51. The molecule has 0 N–H and O–H groups in total. The molecule has 0 radical (unpaired) electrons. The molecule has 0 aliphatic carbocycles. The standard InChI is InChI=1S/C24H27O5P/c1-5-27-30(28-6-2)29-22-13-18-14-26-15-20(18)16(3)23(22)24-19-10-8-7-9-17(19)11-12-21(24)25-4/h7-13H,5-6,14-15H2,1-4H3. The topological polar surface area (TPSA) is 46.2 Å². The zero-order chi connectivity index (χ0) is 21.1. The van der Waals surface area contributed by atoms with Crippen molar-refractivity contribution in [1.29, 1.82) is 0 Å². The third-order valence-electron chi connectivity index (χ3n) is 5.27. The first-order valence-corrected chi connectivity index (χ1v) is 11.3. The van der Waals surface area contributed by atoms with Crippen molar-refractivity contribution in [3.8, 4) is 22.6 Å². The van der Waals surface area contributed by atoms with Crippen LogP contribution in [0.1, 0.15) is 30.5 Å². The van der Waals surface area contributed by atoms with Crippen LogP contribution in [0.5, 0.6) is 11.5 Å². The fraction of sp³-hybridized carbons (Fsp3) is 0.333. The van der Waals surface area contributed by atoms with Crippen molar-refractivity contribution in [2.45, 2.75) is 34.0 Å². The predicted molar refractivity (Wildman–Crippen MR) is 120 cm³/mol. The molecule has 6 heteroatoms. The largest absolute Gasteiger partial charge is 0.496 e. The highest BCUT2D eigenvalue weighted by atomic mass is 31.2. The molecule has 3 aromatic carbocycles. The van der Waals surface area contributed by atoms with Crippen molar-refractivity contribution >= 4 is 19.4 Å². The van der Waals surface area contributed by atoms with Crippen LogP contribution in [0.3, 0.4) is 0 Å². The summed E-state index contributed by atoms with van der Waals surface area (Å²) in [7, 11) is 0.200. The summed E-state index contributed by atoms with van der Waals surface area (Å²) in [5, 5.41) is 2.26. The Morgan fingerprint density at radius 1 is 0.933 bits per heavy atom. The van der Waals surface area contributed by atoms with E-state index in [-0.39, 0.29) is 0 Å². The molecule has 0 saturated heterocycles. The molecule has 0 atom stereocenters. The SMILES string of the molecule is CCOP(OCC)Oc1cc2c(c(C)c1-c1c(OC)ccc3ccccc13)COC2. The Labute approximate surface area is 178 Å². The summed E-state index contributed by atoms with van der Waals surface area (Å²) >= 11 is 0. The molecule has 0 spiro atoms. The minimum Gasteiger partial charge on any atom is -0.496 e. The maximum absolute atomic E-state index is 6.34. The Morgan fingerprint density at radius 2 is 1.70 bits per heavy atom.